The van der Waals surface area contributed by atoms with E-state index in [1.54, 1.807) is 0 Å². The first kappa shape index (κ1) is 26.6. The number of hydrogen-bond donors (Lipinski definition) is 2. The summed E-state index contributed by atoms with van der Waals surface area (Å²) in [5.41, 5.74) is -0.883. The van der Waals surface area contributed by atoms with Crippen LogP contribution in [0.25, 0.3) is 11.3 Å². The zero-order chi connectivity index (χ0) is 26.0. The Morgan fingerprint density at radius 2 is 1.97 bits per heavy atom. The van der Waals surface area contributed by atoms with Crippen LogP contribution >= 0.6 is 0 Å². The topological polar surface area (TPSA) is 81.8 Å². The Labute approximate surface area is 207 Å². The van der Waals surface area contributed by atoms with Crippen molar-refractivity contribution < 1.29 is 32.0 Å². The lowest BCUT2D eigenvalue weighted by molar-refractivity contribution is -0.139. The van der Waals surface area contributed by atoms with Gasteiger partial charge in [-0.15, -0.1) is 0 Å². The summed E-state index contributed by atoms with van der Waals surface area (Å²) >= 11 is 0. The second kappa shape index (κ2) is 10.9. The average Bonchev–Trinajstić information content (AvgIpc) is 3.22. The van der Waals surface area contributed by atoms with Crippen molar-refractivity contribution in [1.29, 1.82) is 0 Å². The van der Waals surface area contributed by atoms with Gasteiger partial charge in [0.2, 0.25) is 0 Å². The third-order valence-electron chi connectivity index (χ3n) is 7.24. The molecule has 198 valence electrons. The Hall–Kier alpha value is -2.50. The summed E-state index contributed by atoms with van der Waals surface area (Å²) in [6, 6.07) is 2.58. The highest BCUT2D eigenvalue weighted by atomic mass is 19.4. The maximum Gasteiger partial charge on any atom is 0.419 e. The van der Waals surface area contributed by atoms with Crippen LogP contribution in [0.2, 0.25) is 0 Å². The molecule has 7 nitrogen and oxygen atoms in total. The average molecular weight is 513 g/mol. The molecule has 1 aliphatic carbocycles. The number of benzene rings is 1. The van der Waals surface area contributed by atoms with Gasteiger partial charge in [-0.2, -0.15) is 13.2 Å². The number of likely N-dealkylation sites (tertiary alicyclic amines) is 1. The third-order valence-corrected chi connectivity index (χ3v) is 7.24. The van der Waals surface area contributed by atoms with Gasteiger partial charge in [-0.05, 0) is 77.8 Å². The van der Waals surface area contributed by atoms with E-state index >= 15 is 0 Å². The van der Waals surface area contributed by atoms with Crippen molar-refractivity contribution >= 4 is 5.91 Å². The molecular weight excluding hydrogens is 480 g/mol. The Bertz CT molecular complexity index is 1070. The summed E-state index contributed by atoms with van der Waals surface area (Å²) in [6.07, 6.45) is -0.833. The molecule has 36 heavy (non-hydrogen) atoms. The van der Waals surface area contributed by atoms with Crippen molar-refractivity contribution in [2.24, 2.45) is 0 Å². The van der Waals surface area contributed by atoms with E-state index in [4.69, 9.17) is 4.52 Å². The number of rotatable bonds is 6. The van der Waals surface area contributed by atoms with Crippen molar-refractivity contribution in [3.63, 3.8) is 0 Å². The van der Waals surface area contributed by atoms with Gasteiger partial charge >= 0.3 is 6.18 Å². The maximum atomic E-state index is 14.4. The zero-order valence-electron chi connectivity index (χ0n) is 20.4. The number of hydrogen-bond acceptors (Lipinski definition) is 6. The first-order valence-electron chi connectivity index (χ1n) is 12.3. The number of carbonyl (C=O) groups excluding carboxylic acids is 1. The molecule has 0 bridgehead atoms. The number of halogens is 4. The van der Waals surface area contributed by atoms with Gasteiger partial charge in [0.15, 0.2) is 11.5 Å². The van der Waals surface area contributed by atoms with Gasteiger partial charge in [0.1, 0.15) is 5.82 Å². The summed E-state index contributed by atoms with van der Waals surface area (Å²) in [5.74, 6) is -1.84. The predicted octanol–water partition coefficient (Wildman–Crippen LogP) is 4.06. The quantitative estimate of drug-likeness (QED) is 0.569. The normalized spacial score (nSPS) is 22.2. The Balaban J connectivity index is 1.64. The molecule has 1 aromatic carbocycles. The van der Waals surface area contributed by atoms with E-state index in [9.17, 15) is 27.5 Å². The van der Waals surface area contributed by atoms with Crippen LogP contribution < -0.4 is 5.32 Å². The largest absolute Gasteiger partial charge is 0.419 e. The van der Waals surface area contributed by atoms with Crippen LogP contribution in [0.3, 0.4) is 0 Å². The first-order valence-corrected chi connectivity index (χ1v) is 12.3. The van der Waals surface area contributed by atoms with Gasteiger partial charge in [-0.1, -0.05) is 11.2 Å². The Kier molecular flexibility index (Phi) is 8.01. The predicted molar refractivity (Wildman–Crippen MR) is 125 cm³/mol. The minimum atomic E-state index is -4.82. The van der Waals surface area contributed by atoms with Crippen LogP contribution in [0.15, 0.2) is 22.7 Å². The van der Waals surface area contributed by atoms with E-state index in [0.29, 0.717) is 24.5 Å². The molecule has 2 heterocycles. The van der Waals surface area contributed by atoms with E-state index in [1.807, 2.05) is 7.05 Å². The summed E-state index contributed by atoms with van der Waals surface area (Å²) in [6.45, 7) is 2.10. The highest BCUT2D eigenvalue weighted by Gasteiger charge is 2.35. The molecule has 0 spiro atoms. The fourth-order valence-corrected chi connectivity index (χ4v) is 5.11. The van der Waals surface area contributed by atoms with Gasteiger partial charge in [0.05, 0.1) is 11.7 Å². The van der Waals surface area contributed by atoms with Crippen LogP contribution in [0.5, 0.6) is 0 Å². The summed E-state index contributed by atoms with van der Waals surface area (Å²) in [4.78, 5) is 17.5. The Morgan fingerprint density at radius 1 is 1.25 bits per heavy atom. The van der Waals surface area contributed by atoms with Gasteiger partial charge in [-0.25, -0.2) is 4.39 Å². The number of amides is 1. The number of aliphatic hydroxyl groups is 1. The fraction of sp³-hybridized carbons (Fsp3) is 0.600. The minimum Gasteiger partial charge on any atom is -0.393 e. The number of carbonyl (C=O) groups is 1. The van der Waals surface area contributed by atoms with Crippen molar-refractivity contribution in [2.75, 3.05) is 27.2 Å². The second-order valence-corrected chi connectivity index (χ2v) is 9.97. The van der Waals surface area contributed by atoms with Gasteiger partial charge in [0, 0.05) is 29.8 Å². The van der Waals surface area contributed by atoms with Crippen LogP contribution in [-0.2, 0) is 12.7 Å². The fourth-order valence-electron chi connectivity index (χ4n) is 5.11. The lowest BCUT2D eigenvalue weighted by Gasteiger charge is -2.35. The number of nitrogens with one attached hydrogen (secondary N) is 1. The molecule has 2 aromatic rings. The van der Waals surface area contributed by atoms with Gasteiger partial charge < -0.3 is 19.8 Å². The highest BCUT2D eigenvalue weighted by molar-refractivity contribution is 5.95. The monoisotopic (exact) mass is 512 g/mol. The van der Waals surface area contributed by atoms with Crippen molar-refractivity contribution in [3.8, 4) is 11.3 Å². The van der Waals surface area contributed by atoms with E-state index in [2.05, 4.69) is 27.3 Å². The molecule has 11 heteroatoms. The molecule has 0 unspecified atom stereocenters. The number of aromatic nitrogens is 1. The Morgan fingerprint density at radius 3 is 2.61 bits per heavy atom. The molecule has 2 atom stereocenters. The molecule has 1 amide bonds. The second-order valence-electron chi connectivity index (χ2n) is 9.97. The van der Waals surface area contributed by atoms with Crippen molar-refractivity contribution in [2.45, 2.75) is 69.4 Å². The number of piperidine rings is 1. The minimum absolute atomic E-state index is 0.0187. The van der Waals surface area contributed by atoms with E-state index in [1.165, 1.54) is 0 Å². The number of aliphatic hydroxyl groups excluding tert-OH is 1. The number of alkyl halides is 3. The molecule has 1 saturated heterocycles. The van der Waals surface area contributed by atoms with Crippen molar-refractivity contribution in [3.05, 3.63) is 40.8 Å². The highest BCUT2D eigenvalue weighted by Crippen LogP contribution is 2.35. The van der Waals surface area contributed by atoms with Gasteiger partial charge in [0.25, 0.3) is 5.91 Å². The summed E-state index contributed by atoms with van der Waals surface area (Å²) in [7, 11) is 3.97. The van der Waals surface area contributed by atoms with Crippen molar-refractivity contribution in [1.82, 2.24) is 20.3 Å². The van der Waals surface area contributed by atoms with E-state index in [0.717, 1.165) is 50.9 Å². The zero-order valence-corrected chi connectivity index (χ0v) is 20.4. The van der Waals surface area contributed by atoms with Crippen LogP contribution in [0.1, 0.15) is 60.1 Å². The van der Waals surface area contributed by atoms with E-state index in [-0.39, 0.29) is 35.6 Å². The molecule has 2 fully saturated rings. The smallest absolute Gasteiger partial charge is 0.393 e. The SMILES string of the molecule is CN1CCC(N(C)Cc2c(C(=O)N[C@@H]3CCC[C@H](O)C3)noc2-c2ccc(C(F)(F)F)c(F)c2)CC1. The van der Waals surface area contributed by atoms with Crippen LogP contribution in [0.4, 0.5) is 17.6 Å². The molecule has 1 saturated carbocycles. The summed E-state index contributed by atoms with van der Waals surface area (Å²) < 4.78 is 59.0. The maximum absolute atomic E-state index is 14.4. The van der Waals surface area contributed by atoms with Crippen LogP contribution in [0, 0.1) is 5.82 Å². The molecule has 2 aliphatic rings. The van der Waals surface area contributed by atoms with E-state index < -0.39 is 29.6 Å². The molecule has 1 aromatic heterocycles. The molecule has 0 radical (unpaired) electrons. The molecule has 4 rings (SSSR count). The van der Waals surface area contributed by atoms with Crippen LogP contribution in [-0.4, -0.2) is 71.3 Å². The van der Waals surface area contributed by atoms with Gasteiger partial charge in [-0.3, -0.25) is 9.69 Å². The molecule has 2 N–H and O–H groups in total. The lowest BCUT2D eigenvalue weighted by Crippen LogP contribution is -2.42. The number of nitrogens with zero attached hydrogens (tertiary/aromatic N) is 3. The first-order chi connectivity index (χ1) is 17.0. The lowest BCUT2D eigenvalue weighted by atomic mass is 9.93. The standard InChI is InChI=1S/C25H32F4N4O3/c1-32-10-8-17(9-11-32)33(2)14-19-22(24(35)30-16-4-3-5-18(34)13-16)31-36-23(19)15-6-7-20(21(26)12-15)25(27,28)29/h6-7,12,16-18,34H,3-5,8-11,13-14H2,1-2H3,(H,30,35)/t16-,18+/m1/s1. The third kappa shape index (κ3) is 6.07. The molecule has 1 aliphatic heterocycles. The molecular formula is C25H32F4N4O3. The summed E-state index contributed by atoms with van der Waals surface area (Å²) in [5, 5.41) is 16.8.